The van der Waals surface area contributed by atoms with E-state index in [-0.39, 0.29) is 12.4 Å². The molecule has 0 saturated heterocycles. The van der Waals surface area contributed by atoms with Gasteiger partial charge in [-0.05, 0) is 80.6 Å². The van der Waals surface area contributed by atoms with Crippen molar-refractivity contribution in [3.63, 3.8) is 0 Å². The standard InChI is InChI=1S/C9H9IO2.C8H7IO2.CH4O/c1-12-9(11)6-7-2-4-8(10)5-3-7;9-7-3-1-6(2-4-7)5-8(10)11;1-2/h2-5H,6H2,1H3;1-4H,5H2,(H,10,11);2H,1H3. The minimum Gasteiger partial charge on any atom is -0.481 e. The third-order valence-corrected chi connectivity index (χ3v) is 4.20. The Morgan fingerprint density at radius 3 is 1.52 bits per heavy atom. The molecule has 0 unspecified atom stereocenters. The van der Waals surface area contributed by atoms with Crippen LogP contribution in [0.4, 0.5) is 0 Å². The lowest BCUT2D eigenvalue weighted by Gasteiger charge is -1.98. The minimum absolute atomic E-state index is 0.108. The first-order valence-electron chi connectivity index (χ1n) is 7.13. The Hall–Kier alpha value is -1.20. The molecule has 0 fully saturated rings. The third kappa shape index (κ3) is 11.9. The van der Waals surface area contributed by atoms with Gasteiger partial charge in [0.1, 0.15) is 0 Å². The van der Waals surface area contributed by atoms with Crippen LogP contribution in [0.1, 0.15) is 11.1 Å². The van der Waals surface area contributed by atoms with Crippen LogP contribution in [-0.4, -0.2) is 36.4 Å². The van der Waals surface area contributed by atoms with E-state index in [2.05, 4.69) is 49.9 Å². The third-order valence-electron chi connectivity index (χ3n) is 2.76. The number of halogens is 2. The number of carbonyl (C=O) groups excluding carboxylic acids is 1. The molecule has 0 aliphatic heterocycles. The number of aliphatic hydroxyl groups excluding tert-OH is 1. The first-order chi connectivity index (χ1) is 11.9. The average molecular weight is 570 g/mol. The van der Waals surface area contributed by atoms with Gasteiger partial charge in [0.05, 0.1) is 20.0 Å². The number of esters is 1. The van der Waals surface area contributed by atoms with E-state index in [0.717, 1.165) is 21.8 Å². The van der Waals surface area contributed by atoms with Crippen LogP contribution in [-0.2, 0) is 27.2 Å². The summed E-state index contributed by atoms with van der Waals surface area (Å²) in [6.07, 6.45) is 0.463. The molecule has 7 heteroatoms. The van der Waals surface area contributed by atoms with Crippen molar-refractivity contribution in [1.29, 1.82) is 0 Å². The van der Waals surface area contributed by atoms with Gasteiger partial charge in [0.15, 0.2) is 0 Å². The summed E-state index contributed by atoms with van der Waals surface area (Å²) in [7, 11) is 2.40. The second-order valence-corrected chi connectivity index (χ2v) is 7.07. The number of hydrogen-bond donors (Lipinski definition) is 2. The Morgan fingerprint density at radius 1 is 0.840 bits per heavy atom. The second kappa shape index (κ2) is 14.0. The molecule has 0 aliphatic carbocycles. The summed E-state index contributed by atoms with van der Waals surface area (Å²) in [6, 6.07) is 15.3. The van der Waals surface area contributed by atoms with Gasteiger partial charge in [0.2, 0.25) is 0 Å². The Kier molecular flexibility index (Phi) is 13.3. The molecule has 25 heavy (non-hydrogen) atoms. The zero-order valence-electron chi connectivity index (χ0n) is 13.9. The number of carbonyl (C=O) groups is 2. The van der Waals surface area contributed by atoms with Gasteiger partial charge >= 0.3 is 11.9 Å². The fourth-order valence-electron chi connectivity index (χ4n) is 1.62. The number of carboxylic acid groups (broad SMARTS) is 1. The van der Waals surface area contributed by atoms with Gasteiger partial charge in [-0.2, -0.15) is 0 Å². The smallest absolute Gasteiger partial charge is 0.309 e. The van der Waals surface area contributed by atoms with Gasteiger partial charge in [0.25, 0.3) is 0 Å². The number of benzene rings is 2. The summed E-state index contributed by atoms with van der Waals surface area (Å²) in [4.78, 5) is 21.1. The molecule has 0 aliphatic rings. The van der Waals surface area contributed by atoms with Crippen molar-refractivity contribution in [2.24, 2.45) is 0 Å². The number of hydrogen-bond acceptors (Lipinski definition) is 4. The van der Waals surface area contributed by atoms with E-state index in [1.165, 1.54) is 10.7 Å². The lowest BCUT2D eigenvalue weighted by molar-refractivity contribution is -0.140. The summed E-state index contributed by atoms with van der Waals surface area (Å²) in [5.74, 6) is -0.984. The predicted octanol–water partition coefficient (Wildman–Crippen LogP) is 3.53. The maximum absolute atomic E-state index is 10.8. The zero-order valence-corrected chi connectivity index (χ0v) is 18.2. The first-order valence-corrected chi connectivity index (χ1v) is 9.28. The molecule has 2 rings (SSSR count). The molecule has 0 radical (unpaired) electrons. The Morgan fingerprint density at radius 2 is 1.20 bits per heavy atom. The van der Waals surface area contributed by atoms with E-state index in [9.17, 15) is 9.59 Å². The number of rotatable bonds is 4. The minimum atomic E-state index is -0.786. The Bertz CT molecular complexity index is 640. The normalized spacial score (nSPS) is 9.00. The summed E-state index contributed by atoms with van der Waals surface area (Å²) in [6.45, 7) is 0. The largest absolute Gasteiger partial charge is 0.481 e. The SMILES string of the molecule is CO.COC(=O)Cc1ccc(I)cc1.O=C(O)Cc1ccc(I)cc1. The lowest BCUT2D eigenvalue weighted by Crippen LogP contribution is -2.03. The number of aliphatic carboxylic acids is 1. The van der Waals surface area contributed by atoms with Crippen LogP contribution in [0.2, 0.25) is 0 Å². The van der Waals surface area contributed by atoms with Gasteiger partial charge in [-0.1, -0.05) is 24.3 Å². The molecule has 136 valence electrons. The highest BCUT2D eigenvalue weighted by Crippen LogP contribution is 2.08. The molecule has 0 aromatic heterocycles. The van der Waals surface area contributed by atoms with E-state index in [4.69, 9.17) is 10.2 Å². The molecule has 0 atom stereocenters. The molecule has 0 saturated carbocycles. The molecule has 2 aromatic rings. The molecule has 2 aromatic carbocycles. The van der Waals surface area contributed by atoms with Crippen LogP contribution in [0.25, 0.3) is 0 Å². The number of aliphatic hydroxyl groups is 1. The fourth-order valence-corrected chi connectivity index (χ4v) is 2.34. The summed E-state index contributed by atoms with van der Waals surface area (Å²) >= 11 is 4.41. The summed E-state index contributed by atoms with van der Waals surface area (Å²) in [5, 5.41) is 15.4. The Labute approximate surface area is 174 Å². The quantitative estimate of drug-likeness (QED) is 0.435. The van der Waals surface area contributed by atoms with Crippen molar-refractivity contribution in [3.05, 3.63) is 66.8 Å². The zero-order chi connectivity index (χ0) is 19.2. The average Bonchev–Trinajstić information content (AvgIpc) is 2.61. The highest BCUT2D eigenvalue weighted by atomic mass is 127. The van der Waals surface area contributed by atoms with E-state index in [1.807, 2.05) is 48.5 Å². The van der Waals surface area contributed by atoms with Crippen LogP contribution < -0.4 is 0 Å². The van der Waals surface area contributed by atoms with E-state index < -0.39 is 5.97 Å². The number of ether oxygens (including phenoxy) is 1. The molecule has 0 amide bonds. The number of carboxylic acids is 1. The molecule has 2 N–H and O–H groups in total. The maximum Gasteiger partial charge on any atom is 0.309 e. The van der Waals surface area contributed by atoms with Crippen LogP contribution in [0.5, 0.6) is 0 Å². The molecular weight excluding hydrogens is 550 g/mol. The highest BCUT2D eigenvalue weighted by Gasteiger charge is 2.01. The molecule has 5 nitrogen and oxygen atoms in total. The van der Waals surface area contributed by atoms with E-state index in [0.29, 0.717) is 6.42 Å². The molecule has 0 bridgehead atoms. The maximum atomic E-state index is 10.8. The predicted molar refractivity (Wildman–Crippen MR) is 114 cm³/mol. The van der Waals surface area contributed by atoms with Crippen molar-refractivity contribution < 1.29 is 24.5 Å². The first kappa shape index (κ1) is 23.8. The second-order valence-electron chi connectivity index (χ2n) is 4.58. The Balaban J connectivity index is 0.000000421. The summed E-state index contributed by atoms with van der Waals surface area (Å²) < 4.78 is 6.83. The van der Waals surface area contributed by atoms with Crippen molar-refractivity contribution in [3.8, 4) is 0 Å². The molecule has 0 heterocycles. The van der Waals surface area contributed by atoms with Crippen LogP contribution in [0, 0.1) is 7.14 Å². The van der Waals surface area contributed by atoms with Gasteiger partial charge in [0, 0.05) is 14.3 Å². The summed E-state index contributed by atoms with van der Waals surface area (Å²) in [5.41, 5.74) is 1.83. The van der Waals surface area contributed by atoms with Crippen LogP contribution in [0.15, 0.2) is 48.5 Å². The highest BCUT2D eigenvalue weighted by molar-refractivity contribution is 14.1. The van der Waals surface area contributed by atoms with E-state index >= 15 is 0 Å². The van der Waals surface area contributed by atoms with Crippen molar-refractivity contribution in [2.75, 3.05) is 14.2 Å². The lowest BCUT2D eigenvalue weighted by atomic mass is 10.2. The topological polar surface area (TPSA) is 83.8 Å². The van der Waals surface area contributed by atoms with E-state index in [1.54, 1.807) is 0 Å². The van der Waals surface area contributed by atoms with Crippen LogP contribution >= 0.6 is 45.2 Å². The van der Waals surface area contributed by atoms with Gasteiger partial charge < -0.3 is 14.9 Å². The van der Waals surface area contributed by atoms with Crippen molar-refractivity contribution in [1.82, 2.24) is 0 Å². The monoisotopic (exact) mass is 570 g/mol. The molecule has 0 spiro atoms. The number of methoxy groups -OCH3 is 1. The van der Waals surface area contributed by atoms with Crippen molar-refractivity contribution in [2.45, 2.75) is 12.8 Å². The van der Waals surface area contributed by atoms with Gasteiger partial charge in [-0.3, -0.25) is 9.59 Å². The fraction of sp³-hybridized carbons (Fsp3) is 0.222. The van der Waals surface area contributed by atoms with Gasteiger partial charge in [-0.15, -0.1) is 0 Å². The molecular formula is C18H20I2O5. The van der Waals surface area contributed by atoms with Crippen molar-refractivity contribution >= 4 is 57.1 Å². The van der Waals surface area contributed by atoms with Crippen LogP contribution in [0.3, 0.4) is 0 Å². The van der Waals surface area contributed by atoms with Gasteiger partial charge in [-0.25, -0.2) is 0 Å².